The van der Waals surface area contributed by atoms with Crippen LogP contribution in [-0.4, -0.2) is 47.6 Å². The third kappa shape index (κ3) is 14.5. The van der Waals surface area contributed by atoms with Crippen LogP contribution in [0, 0.1) is 0 Å². The third-order valence-electron chi connectivity index (χ3n) is 3.67. The summed E-state index contributed by atoms with van der Waals surface area (Å²) in [6.07, 6.45) is 5.44. The van der Waals surface area contributed by atoms with Gasteiger partial charge in [0.15, 0.2) is 0 Å². The highest BCUT2D eigenvalue weighted by Crippen LogP contribution is 2.06. The molecule has 6 heteroatoms. The van der Waals surface area contributed by atoms with Crippen molar-refractivity contribution < 1.29 is 29.3 Å². The number of aliphatic hydroxyl groups is 2. The fourth-order valence-corrected chi connectivity index (χ4v) is 2.11. The van der Waals surface area contributed by atoms with Crippen LogP contribution < -0.4 is 0 Å². The summed E-state index contributed by atoms with van der Waals surface area (Å²) in [5, 5.41) is 19.1. The second kappa shape index (κ2) is 15.4. The Morgan fingerprint density at radius 2 is 1.12 bits per heavy atom. The molecule has 2 unspecified atom stereocenters. The SMILES string of the molecule is CCCCC(O)COC(=O)CCCCC(=O)OCC(O)CCCC. The fraction of sp³-hybridized carbons (Fsp3) is 0.889. The predicted octanol–water partition coefficient (Wildman–Crippen LogP) is 2.74. The van der Waals surface area contributed by atoms with Gasteiger partial charge in [-0.2, -0.15) is 0 Å². The minimum absolute atomic E-state index is 0.0382. The van der Waals surface area contributed by atoms with Crippen molar-refractivity contribution in [1.29, 1.82) is 0 Å². The molecule has 0 aromatic heterocycles. The molecule has 0 amide bonds. The molecule has 0 aliphatic heterocycles. The van der Waals surface area contributed by atoms with Crippen molar-refractivity contribution in [3.05, 3.63) is 0 Å². The second-order valence-corrected chi connectivity index (χ2v) is 6.17. The van der Waals surface area contributed by atoms with Crippen molar-refractivity contribution in [3.63, 3.8) is 0 Å². The van der Waals surface area contributed by atoms with E-state index in [2.05, 4.69) is 0 Å². The number of unbranched alkanes of at least 4 members (excludes halogenated alkanes) is 3. The Kier molecular flexibility index (Phi) is 14.7. The molecule has 0 saturated heterocycles. The number of carbonyl (C=O) groups excluding carboxylic acids is 2. The molecule has 0 saturated carbocycles. The summed E-state index contributed by atoms with van der Waals surface area (Å²) in [6, 6.07) is 0. The van der Waals surface area contributed by atoms with E-state index in [0.29, 0.717) is 25.7 Å². The molecule has 0 spiro atoms. The Bertz CT molecular complexity index is 299. The van der Waals surface area contributed by atoms with E-state index >= 15 is 0 Å². The van der Waals surface area contributed by atoms with Crippen LogP contribution in [0.25, 0.3) is 0 Å². The number of aliphatic hydroxyl groups excluding tert-OH is 2. The fourth-order valence-electron chi connectivity index (χ4n) is 2.11. The average Bonchev–Trinajstić information content (AvgIpc) is 2.58. The summed E-state index contributed by atoms with van der Waals surface area (Å²) in [5.41, 5.74) is 0. The van der Waals surface area contributed by atoms with Crippen molar-refractivity contribution in [1.82, 2.24) is 0 Å². The Morgan fingerprint density at radius 3 is 1.46 bits per heavy atom. The highest BCUT2D eigenvalue weighted by Gasteiger charge is 2.11. The van der Waals surface area contributed by atoms with Crippen LogP contribution in [0.3, 0.4) is 0 Å². The molecule has 0 aromatic rings. The summed E-state index contributed by atoms with van der Waals surface area (Å²) in [7, 11) is 0. The lowest BCUT2D eigenvalue weighted by Crippen LogP contribution is -2.19. The van der Waals surface area contributed by atoms with E-state index in [1.165, 1.54) is 0 Å². The molecule has 0 aliphatic carbocycles. The zero-order valence-corrected chi connectivity index (χ0v) is 15.2. The zero-order chi connectivity index (χ0) is 18.2. The summed E-state index contributed by atoms with van der Waals surface area (Å²) < 4.78 is 9.97. The number of hydrogen-bond acceptors (Lipinski definition) is 6. The maximum Gasteiger partial charge on any atom is 0.305 e. The van der Waals surface area contributed by atoms with Gasteiger partial charge in [-0.1, -0.05) is 39.5 Å². The Hall–Kier alpha value is -1.14. The van der Waals surface area contributed by atoms with Gasteiger partial charge in [-0.3, -0.25) is 9.59 Å². The van der Waals surface area contributed by atoms with Gasteiger partial charge in [-0.15, -0.1) is 0 Å². The van der Waals surface area contributed by atoms with Crippen LogP contribution in [-0.2, 0) is 19.1 Å². The molecule has 2 N–H and O–H groups in total. The van der Waals surface area contributed by atoms with Crippen LogP contribution in [0.4, 0.5) is 0 Å². The van der Waals surface area contributed by atoms with Crippen LogP contribution >= 0.6 is 0 Å². The van der Waals surface area contributed by atoms with Crippen LogP contribution in [0.2, 0.25) is 0 Å². The average molecular weight is 346 g/mol. The minimum Gasteiger partial charge on any atom is -0.463 e. The van der Waals surface area contributed by atoms with Gasteiger partial charge in [0, 0.05) is 12.8 Å². The van der Waals surface area contributed by atoms with Crippen molar-refractivity contribution >= 4 is 11.9 Å². The maximum atomic E-state index is 11.5. The molecule has 0 aromatic carbocycles. The molecule has 0 fully saturated rings. The van der Waals surface area contributed by atoms with Crippen LogP contribution in [0.1, 0.15) is 78.1 Å². The van der Waals surface area contributed by atoms with Crippen LogP contribution in [0.5, 0.6) is 0 Å². The lowest BCUT2D eigenvalue weighted by Gasteiger charge is -2.11. The van der Waals surface area contributed by atoms with Gasteiger partial charge < -0.3 is 19.7 Å². The number of rotatable bonds is 15. The molecule has 0 heterocycles. The van der Waals surface area contributed by atoms with Gasteiger partial charge in [-0.05, 0) is 25.7 Å². The first kappa shape index (κ1) is 22.9. The molecule has 6 nitrogen and oxygen atoms in total. The van der Waals surface area contributed by atoms with Gasteiger partial charge in [0.2, 0.25) is 0 Å². The van der Waals surface area contributed by atoms with Crippen molar-refractivity contribution in [2.45, 2.75) is 90.3 Å². The lowest BCUT2D eigenvalue weighted by atomic mass is 10.1. The number of esters is 2. The number of hydrogen-bond donors (Lipinski definition) is 2. The molecule has 24 heavy (non-hydrogen) atoms. The summed E-state index contributed by atoms with van der Waals surface area (Å²) >= 11 is 0. The summed E-state index contributed by atoms with van der Waals surface area (Å²) in [4.78, 5) is 23.0. The third-order valence-corrected chi connectivity index (χ3v) is 3.67. The molecule has 0 rings (SSSR count). The Morgan fingerprint density at radius 1 is 0.750 bits per heavy atom. The topological polar surface area (TPSA) is 93.1 Å². The number of carbonyl (C=O) groups is 2. The Labute approximate surface area is 145 Å². The standard InChI is InChI=1S/C18H34O6/c1-3-5-9-15(19)13-23-17(21)11-7-8-12-18(22)24-14-16(20)10-6-4-2/h15-16,19-20H,3-14H2,1-2H3. The van der Waals surface area contributed by atoms with Crippen molar-refractivity contribution in [2.75, 3.05) is 13.2 Å². The molecular formula is C18H34O6. The normalized spacial score (nSPS) is 13.3. The molecule has 142 valence electrons. The van der Waals surface area contributed by atoms with E-state index in [4.69, 9.17) is 9.47 Å². The van der Waals surface area contributed by atoms with Gasteiger partial charge in [-0.25, -0.2) is 0 Å². The predicted molar refractivity (Wildman–Crippen MR) is 91.4 cm³/mol. The minimum atomic E-state index is -0.594. The molecule has 0 bridgehead atoms. The zero-order valence-electron chi connectivity index (χ0n) is 15.2. The molecule has 2 atom stereocenters. The molecule has 0 radical (unpaired) electrons. The first-order chi connectivity index (χ1) is 11.5. The van der Waals surface area contributed by atoms with E-state index < -0.39 is 12.2 Å². The summed E-state index contributed by atoms with van der Waals surface area (Å²) in [6.45, 7) is 4.15. The van der Waals surface area contributed by atoms with E-state index in [9.17, 15) is 19.8 Å². The lowest BCUT2D eigenvalue weighted by molar-refractivity contribution is -0.148. The van der Waals surface area contributed by atoms with Gasteiger partial charge in [0.05, 0.1) is 12.2 Å². The molecule has 0 aliphatic rings. The van der Waals surface area contributed by atoms with Crippen molar-refractivity contribution in [2.24, 2.45) is 0 Å². The maximum absolute atomic E-state index is 11.5. The van der Waals surface area contributed by atoms with Gasteiger partial charge in [0.25, 0.3) is 0 Å². The van der Waals surface area contributed by atoms with E-state index in [1.54, 1.807) is 0 Å². The van der Waals surface area contributed by atoms with E-state index in [0.717, 1.165) is 25.7 Å². The highest BCUT2D eigenvalue weighted by atomic mass is 16.5. The molecular weight excluding hydrogens is 312 g/mol. The van der Waals surface area contributed by atoms with E-state index in [-0.39, 0.29) is 38.0 Å². The highest BCUT2D eigenvalue weighted by molar-refractivity contribution is 5.70. The number of ether oxygens (including phenoxy) is 2. The quantitative estimate of drug-likeness (QED) is 0.350. The van der Waals surface area contributed by atoms with Crippen LogP contribution in [0.15, 0.2) is 0 Å². The smallest absolute Gasteiger partial charge is 0.305 e. The van der Waals surface area contributed by atoms with Gasteiger partial charge in [0.1, 0.15) is 13.2 Å². The monoisotopic (exact) mass is 346 g/mol. The Balaban J connectivity index is 3.56. The first-order valence-electron chi connectivity index (χ1n) is 9.16. The largest absolute Gasteiger partial charge is 0.463 e. The second-order valence-electron chi connectivity index (χ2n) is 6.17. The first-order valence-corrected chi connectivity index (χ1v) is 9.16. The van der Waals surface area contributed by atoms with Crippen molar-refractivity contribution in [3.8, 4) is 0 Å². The van der Waals surface area contributed by atoms with Gasteiger partial charge >= 0.3 is 11.9 Å². The van der Waals surface area contributed by atoms with E-state index in [1.807, 2.05) is 13.8 Å². The summed E-state index contributed by atoms with van der Waals surface area (Å²) in [5.74, 6) is -0.706.